The second kappa shape index (κ2) is 4.07. The first kappa shape index (κ1) is 10.5. The van der Waals surface area contributed by atoms with E-state index in [1.807, 2.05) is 6.07 Å². The number of hydrogen-bond donors (Lipinski definition) is 0. The SMILES string of the molecule is Cc1ccc(Cl)c([N+](=O)[O-])c1CC#N. The van der Waals surface area contributed by atoms with E-state index >= 15 is 0 Å². The number of benzene rings is 1. The standard InChI is InChI=1S/C9H7ClN2O2/c1-6-2-3-8(10)9(12(13)14)7(6)4-5-11/h2-3H,4H2,1H3. The van der Waals surface area contributed by atoms with Gasteiger partial charge in [0.25, 0.3) is 5.69 Å². The second-order valence-corrected chi connectivity index (χ2v) is 3.19. The molecule has 5 heteroatoms. The molecule has 0 saturated heterocycles. The minimum atomic E-state index is -0.554. The van der Waals surface area contributed by atoms with Crippen LogP contribution in [0.4, 0.5) is 5.69 Å². The summed E-state index contributed by atoms with van der Waals surface area (Å²) in [5.41, 5.74) is 0.945. The molecule has 0 spiro atoms. The maximum atomic E-state index is 10.7. The number of nitrogens with zero attached hydrogens (tertiary/aromatic N) is 2. The molecule has 0 aliphatic heterocycles. The molecule has 14 heavy (non-hydrogen) atoms. The van der Waals surface area contributed by atoms with Gasteiger partial charge in [0, 0.05) is 5.56 Å². The van der Waals surface area contributed by atoms with Gasteiger partial charge in [0.1, 0.15) is 5.02 Å². The number of nitriles is 1. The Hall–Kier alpha value is -1.60. The van der Waals surface area contributed by atoms with Gasteiger partial charge in [-0.25, -0.2) is 0 Å². The number of hydrogen-bond acceptors (Lipinski definition) is 3. The first-order chi connectivity index (χ1) is 6.57. The average Bonchev–Trinajstić information content (AvgIpc) is 2.11. The van der Waals surface area contributed by atoms with Gasteiger partial charge >= 0.3 is 0 Å². The van der Waals surface area contributed by atoms with Crippen molar-refractivity contribution in [2.45, 2.75) is 13.3 Å². The second-order valence-electron chi connectivity index (χ2n) is 2.78. The molecule has 0 heterocycles. The van der Waals surface area contributed by atoms with Crippen LogP contribution < -0.4 is 0 Å². The highest BCUT2D eigenvalue weighted by atomic mass is 35.5. The van der Waals surface area contributed by atoms with Crippen LogP contribution in [0.5, 0.6) is 0 Å². The first-order valence-corrected chi connectivity index (χ1v) is 4.25. The molecule has 0 fully saturated rings. The van der Waals surface area contributed by atoms with Crippen LogP contribution >= 0.6 is 11.6 Å². The van der Waals surface area contributed by atoms with E-state index in [9.17, 15) is 10.1 Å². The Labute approximate surface area is 85.9 Å². The van der Waals surface area contributed by atoms with Crippen molar-refractivity contribution in [3.8, 4) is 6.07 Å². The van der Waals surface area contributed by atoms with Crippen LogP contribution in [0.15, 0.2) is 12.1 Å². The molecular weight excluding hydrogens is 204 g/mol. The molecule has 0 bridgehead atoms. The van der Waals surface area contributed by atoms with Gasteiger partial charge in [-0.2, -0.15) is 5.26 Å². The Morgan fingerprint density at radius 3 is 2.79 bits per heavy atom. The van der Waals surface area contributed by atoms with Crippen molar-refractivity contribution in [2.24, 2.45) is 0 Å². The molecule has 0 atom stereocenters. The molecule has 1 aromatic carbocycles. The molecule has 1 rings (SSSR count). The van der Waals surface area contributed by atoms with Crippen molar-refractivity contribution >= 4 is 17.3 Å². The van der Waals surface area contributed by atoms with E-state index < -0.39 is 4.92 Å². The summed E-state index contributed by atoms with van der Waals surface area (Å²) in [5, 5.41) is 19.3. The predicted octanol–water partition coefficient (Wildman–Crippen LogP) is 2.62. The van der Waals surface area contributed by atoms with Crippen LogP contribution in [-0.2, 0) is 6.42 Å². The molecule has 0 radical (unpaired) electrons. The Bertz CT molecular complexity index is 424. The molecule has 0 saturated carbocycles. The van der Waals surface area contributed by atoms with Gasteiger partial charge in [-0.3, -0.25) is 10.1 Å². The van der Waals surface area contributed by atoms with Gasteiger partial charge in [-0.1, -0.05) is 17.7 Å². The Balaban J connectivity index is 3.43. The zero-order valence-electron chi connectivity index (χ0n) is 7.45. The predicted molar refractivity (Wildman–Crippen MR) is 52.2 cm³/mol. The fraction of sp³-hybridized carbons (Fsp3) is 0.222. The number of halogens is 1. The highest BCUT2D eigenvalue weighted by Gasteiger charge is 2.19. The van der Waals surface area contributed by atoms with Crippen molar-refractivity contribution in [3.05, 3.63) is 38.4 Å². The molecule has 4 nitrogen and oxygen atoms in total. The lowest BCUT2D eigenvalue weighted by atomic mass is 10.0. The lowest BCUT2D eigenvalue weighted by molar-refractivity contribution is -0.385. The van der Waals surface area contributed by atoms with E-state index in [4.69, 9.17) is 16.9 Å². The van der Waals surface area contributed by atoms with Crippen LogP contribution in [0.3, 0.4) is 0 Å². The smallest absolute Gasteiger partial charge is 0.258 e. The molecule has 0 unspecified atom stereocenters. The monoisotopic (exact) mass is 210 g/mol. The highest BCUT2D eigenvalue weighted by Crippen LogP contribution is 2.30. The van der Waals surface area contributed by atoms with E-state index in [-0.39, 0.29) is 17.1 Å². The fourth-order valence-corrected chi connectivity index (χ4v) is 1.45. The van der Waals surface area contributed by atoms with Crippen molar-refractivity contribution in [1.82, 2.24) is 0 Å². The quantitative estimate of drug-likeness (QED) is 0.557. The van der Waals surface area contributed by atoms with Crippen LogP contribution in [0.25, 0.3) is 0 Å². The zero-order valence-corrected chi connectivity index (χ0v) is 8.21. The Morgan fingerprint density at radius 1 is 1.64 bits per heavy atom. The molecule has 0 aliphatic rings. The minimum absolute atomic E-state index is 0.00269. The normalized spacial score (nSPS) is 9.50. The summed E-state index contributed by atoms with van der Waals surface area (Å²) in [6.07, 6.45) is 0.00269. The summed E-state index contributed by atoms with van der Waals surface area (Å²) in [5.74, 6) is 0. The molecule has 0 aliphatic carbocycles. The average molecular weight is 211 g/mol. The lowest BCUT2D eigenvalue weighted by Crippen LogP contribution is -1.98. The topological polar surface area (TPSA) is 66.9 Å². The van der Waals surface area contributed by atoms with E-state index in [1.165, 1.54) is 6.07 Å². The lowest BCUT2D eigenvalue weighted by Gasteiger charge is -2.03. The Morgan fingerprint density at radius 2 is 2.29 bits per heavy atom. The van der Waals surface area contributed by atoms with Gasteiger partial charge < -0.3 is 0 Å². The number of aryl methyl sites for hydroxylation is 1. The fourth-order valence-electron chi connectivity index (χ4n) is 1.21. The summed E-state index contributed by atoms with van der Waals surface area (Å²) < 4.78 is 0. The molecule has 1 aromatic rings. The van der Waals surface area contributed by atoms with E-state index in [0.717, 1.165) is 0 Å². The van der Waals surface area contributed by atoms with Gasteiger partial charge in [0.2, 0.25) is 0 Å². The third-order valence-electron chi connectivity index (χ3n) is 1.91. The van der Waals surface area contributed by atoms with Crippen LogP contribution in [0.1, 0.15) is 11.1 Å². The first-order valence-electron chi connectivity index (χ1n) is 3.87. The summed E-state index contributed by atoms with van der Waals surface area (Å²) in [6, 6.07) is 5.02. The maximum Gasteiger partial charge on any atom is 0.292 e. The van der Waals surface area contributed by atoms with Crippen molar-refractivity contribution in [1.29, 1.82) is 5.26 Å². The highest BCUT2D eigenvalue weighted by molar-refractivity contribution is 6.32. The molecular formula is C9H7ClN2O2. The van der Waals surface area contributed by atoms with E-state index in [0.29, 0.717) is 11.1 Å². The van der Waals surface area contributed by atoms with Crippen LogP contribution in [0.2, 0.25) is 5.02 Å². The molecule has 0 N–H and O–H groups in total. The summed E-state index contributed by atoms with van der Waals surface area (Å²) in [4.78, 5) is 10.1. The third-order valence-corrected chi connectivity index (χ3v) is 2.21. The molecule has 0 aromatic heterocycles. The van der Waals surface area contributed by atoms with Gasteiger partial charge in [-0.05, 0) is 18.6 Å². The van der Waals surface area contributed by atoms with Gasteiger partial charge in [0.15, 0.2) is 0 Å². The van der Waals surface area contributed by atoms with Crippen molar-refractivity contribution in [3.63, 3.8) is 0 Å². The number of rotatable bonds is 2. The van der Waals surface area contributed by atoms with Gasteiger partial charge in [-0.15, -0.1) is 0 Å². The largest absolute Gasteiger partial charge is 0.292 e. The van der Waals surface area contributed by atoms with E-state index in [2.05, 4.69) is 0 Å². The van der Waals surface area contributed by atoms with Crippen molar-refractivity contribution in [2.75, 3.05) is 0 Å². The molecule has 0 amide bonds. The van der Waals surface area contributed by atoms with Gasteiger partial charge in [0.05, 0.1) is 17.4 Å². The zero-order chi connectivity index (χ0) is 10.7. The number of nitro benzene ring substituents is 1. The molecule has 72 valence electrons. The minimum Gasteiger partial charge on any atom is -0.258 e. The van der Waals surface area contributed by atoms with Crippen LogP contribution in [-0.4, -0.2) is 4.92 Å². The number of nitro groups is 1. The van der Waals surface area contributed by atoms with Crippen LogP contribution in [0, 0.1) is 28.4 Å². The maximum absolute atomic E-state index is 10.7. The van der Waals surface area contributed by atoms with Crippen molar-refractivity contribution < 1.29 is 4.92 Å². The Kier molecular flexibility index (Phi) is 3.05. The third kappa shape index (κ3) is 1.83. The van der Waals surface area contributed by atoms with E-state index in [1.54, 1.807) is 13.0 Å². The summed E-state index contributed by atoms with van der Waals surface area (Å²) in [6.45, 7) is 1.72. The summed E-state index contributed by atoms with van der Waals surface area (Å²) in [7, 11) is 0. The summed E-state index contributed by atoms with van der Waals surface area (Å²) >= 11 is 5.68.